The maximum Gasteiger partial charge on any atom is 0.171 e. The maximum absolute atomic E-state index is 11.0. The largest absolute Gasteiger partial charge is 0.321 e. The lowest BCUT2D eigenvalue weighted by Gasteiger charge is -2.06. The van der Waals surface area contributed by atoms with Crippen LogP contribution in [-0.2, 0) is 4.79 Å². The highest BCUT2D eigenvalue weighted by molar-refractivity contribution is 5.93. The molecule has 0 fully saturated rings. The van der Waals surface area contributed by atoms with Gasteiger partial charge in [-0.2, -0.15) is 0 Å². The summed E-state index contributed by atoms with van der Waals surface area (Å²) in [7, 11) is 0. The normalized spacial score (nSPS) is 12.5. The molecule has 1 atom stereocenters. The summed E-state index contributed by atoms with van der Waals surface area (Å²) in [5.41, 5.74) is 5.62. The second kappa shape index (κ2) is 7.99. The predicted molar refractivity (Wildman–Crippen MR) is 56.6 cm³/mol. The van der Waals surface area contributed by atoms with Gasteiger partial charge < -0.3 is 5.73 Å². The van der Waals surface area contributed by atoms with Crippen molar-refractivity contribution in [3.63, 3.8) is 0 Å². The number of carbonyl (C=O) groups excluding carboxylic acids is 1. The van der Waals surface area contributed by atoms with Crippen molar-refractivity contribution in [2.75, 3.05) is 0 Å². The smallest absolute Gasteiger partial charge is 0.171 e. The van der Waals surface area contributed by atoms with E-state index in [2.05, 4.69) is 13.5 Å². The van der Waals surface area contributed by atoms with Crippen molar-refractivity contribution in [3.05, 3.63) is 12.7 Å². The zero-order valence-electron chi connectivity index (χ0n) is 8.59. The minimum Gasteiger partial charge on any atom is -0.321 e. The topological polar surface area (TPSA) is 43.1 Å². The number of hydrogen-bond donors (Lipinski definition) is 1. The first-order valence-electron chi connectivity index (χ1n) is 5.14. The average molecular weight is 183 g/mol. The zero-order chi connectivity index (χ0) is 10.1. The standard InChI is InChI=1S/C11H21NO/c1-3-5-6-7-8-9-10(12)11(13)4-2/h4,10H,2-3,5-9,12H2,1H3. The van der Waals surface area contributed by atoms with Crippen molar-refractivity contribution in [1.29, 1.82) is 0 Å². The van der Waals surface area contributed by atoms with Gasteiger partial charge in [0.1, 0.15) is 0 Å². The quantitative estimate of drug-likeness (QED) is 0.464. The van der Waals surface area contributed by atoms with Gasteiger partial charge in [-0.05, 0) is 12.5 Å². The van der Waals surface area contributed by atoms with Gasteiger partial charge in [0.2, 0.25) is 0 Å². The van der Waals surface area contributed by atoms with Crippen molar-refractivity contribution >= 4 is 5.78 Å². The summed E-state index contributed by atoms with van der Waals surface area (Å²) in [6, 6.07) is -0.320. The van der Waals surface area contributed by atoms with Crippen LogP contribution < -0.4 is 5.73 Å². The molecular formula is C11H21NO. The first kappa shape index (κ1) is 12.4. The van der Waals surface area contributed by atoms with E-state index in [1.54, 1.807) is 0 Å². The van der Waals surface area contributed by atoms with E-state index in [9.17, 15) is 4.79 Å². The molecule has 2 N–H and O–H groups in total. The number of nitrogens with two attached hydrogens (primary N) is 1. The van der Waals surface area contributed by atoms with Gasteiger partial charge in [0.05, 0.1) is 6.04 Å². The molecule has 0 aromatic heterocycles. The number of unbranched alkanes of at least 4 members (excludes halogenated alkanes) is 4. The van der Waals surface area contributed by atoms with E-state index in [0.717, 1.165) is 12.8 Å². The molecule has 0 rings (SSSR count). The Bertz CT molecular complexity index is 154. The molecule has 0 amide bonds. The lowest BCUT2D eigenvalue weighted by atomic mass is 10.0. The van der Waals surface area contributed by atoms with Gasteiger partial charge in [0.25, 0.3) is 0 Å². The third kappa shape index (κ3) is 6.52. The minimum atomic E-state index is -0.320. The molecule has 0 bridgehead atoms. The highest BCUT2D eigenvalue weighted by Gasteiger charge is 2.08. The average Bonchev–Trinajstić information content (AvgIpc) is 2.16. The van der Waals surface area contributed by atoms with Crippen LogP contribution in [-0.4, -0.2) is 11.8 Å². The van der Waals surface area contributed by atoms with Crippen molar-refractivity contribution in [3.8, 4) is 0 Å². The first-order valence-corrected chi connectivity index (χ1v) is 5.14. The summed E-state index contributed by atoms with van der Waals surface area (Å²) >= 11 is 0. The first-order chi connectivity index (χ1) is 6.22. The van der Waals surface area contributed by atoms with Gasteiger partial charge in [-0.15, -0.1) is 0 Å². The highest BCUT2D eigenvalue weighted by atomic mass is 16.1. The molecule has 0 saturated carbocycles. The van der Waals surface area contributed by atoms with Gasteiger partial charge in [-0.1, -0.05) is 45.6 Å². The summed E-state index contributed by atoms with van der Waals surface area (Å²) in [5, 5.41) is 0. The molecule has 0 aliphatic heterocycles. The molecule has 0 saturated heterocycles. The lowest BCUT2D eigenvalue weighted by molar-refractivity contribution is -0.115. The van der Waals surface area contributed by atoms with Gasteiger partial charge in [0, 0.05) is 0 Å². The van der Waals surface area contributed by atoms with Crippen molar-refractivity contribution in [1.82, 2.24) is 0 Å². The minimum absolute atomic E-state index is 0.0320. The zero-order valence-corrected chi connectivity index (χ0v) is 8.59. The van der Waals surface area contributed by atoms with Crippen LogP contribution in [0.25, 0.3) is 0 Å². The Morgan fingerprint density at radius 2 is 2.00 bits per heavy atom. The summed E-state index contributed by atoms with van der Waals surface area (Å²) in [6.07, 6.45) is 8.14. The van der Waals surface area contributed by atoms with Crippen LogP contribution in [0.1, 0.15) is 45.4 Å². The molecular weight excluding hydrogens is 162 g/mol. The van der Waals surface area contributed by atoms with E-state index >= 15 is 0 Å². The molecule has 0 aliphatic carbocycles. The number of rotatable bonds is 8. The number of carbonyl (C=O) groups is 1. The van der Waals surface area contributed by atoms with Crippen LogP contribution in [0.3, 0.4) is 0 Å². The van der Waals surface area contributed by atoms with E-state index < -0.39 is 0 Å². The van der Waals surface area contributed by atoms with E-state index in [1.807, 2.05) is 0 Å². The second-order valence-corrected chi connectivity index (χ2v) is 3.42. The molecule has 0 radical (unpaired) electrons. The summed E-state index contributed by atoms with van der Waals surface area (Å²) < 4.78 is 0. The number of ketones is 1. The molecule has 2 nitrogen and oxygen atoms in total. The maximum atomic E-state index is 11.0. The summed E-state index contributed by atoms with van der Waals surface area (Å²) in [4.78, 5) is 11.0. The molecule has 1 unspecified atom stereocenters. The van der Waals surface area contributed by atoms with E-state index in [-0.39, 0.29) is 11.8 Å². The molecule has 76 valence electrons. The Morgan fingerprint density at radius 1 is 1.38 bits per heavy atom. The highest BCUT2D eigenvalue weighted by Crippen LogP contribution is 2.06. The van der Waals surface area contributed by atoms with Crippen molar-refractivity contribution < 1.29 is 4.79 Å². The molecule has 13 heavy (non-hydrogen) atoms. The van der Waals surface area contributed by atoms with Crippen LogP contribution >= 0.6 is 0 Å². The Balaban J connectivity index is 3.31. The monoisotopic (exact) mass is 183 g/mol. The van der Waals surface area contributed by atoms with Gasteiger partial charge >= 0.3 is 0 Å². The fourth-order valence-electron chi connectivity index (χ4n) is 1.26. The van der Waals surface area contributed by atoms with E-state index in [1.165, 1.54) is 31.8 Å². The Hall–Kier alpha value is -0.630. The lowest BCUT2D eigenvalue weighted by Crippen LogP contribution is -2.28. The SMILES string of the molecule is C=CC(=O)C(N)CCCCCCC. The van der Waals surface area contributed by atoms with Gasteiger partial charge in [-0.3, -0.25) is 4.79 Å². The van der Waals surface area contributed by atoms with Gasteiger partial charge in [0.15, 0.2) is 5.78 Å². The Kier molecular flexibility index (Phi) is 7.60. The Labute approximate surface area is 81.2 Å². The summed E-state index contributed by atoms with van der Waals surface area (Å²) in [5.74, 6) is -0.0320. The van der Waals surface area contributed by atoms with E-state index in [4.69, 9.17) is 5.73 Å². The third-order valence-electron chi connectivity index (χ3n) is 2.19. The van der Waals surface area contributed by atoms with Crippen LogP contribution in [0.15, 0.2) is 12.7 Å². The van der Waals surface area contributed by atoms with E-state index in [0.29, 0.717) is 0 Å². The van der Waals surface area contributed by atoms with Crippen LogP contribution in [0.4, 0.5) is 0 Å². The second-order valence-electron chi connectivity index (χ2n) is 3.42. The van der Waals surface area contributed by atoms with Gasteiger partial charge in [-0.25, -0.2) is 0 Å². The van der Waals surface area contributed by atoms with Crippen molar-refractivity contribution in [2.45, 2.75) is 51.5 Å². The molecule has 0 aliphatic rings. The Morgan fingerprint density at radius 3 is 2.54 bits per heavy atom. The fourth-order valence-corrected chi connectivity index (χ4v) is 1.26. The van der Waals surface area contributed by atoms with Crippen LogP contribution in [0, 0.1) is 0 Å². The molecule has 0 aromatic rings. The predicted octanol–water partition coefficient (Wildman–Crippen LogP) is 2.43. The molecule has 0 heterocycles. The third-order valence-corrected chi connectivity index (χ3v) is 2.19. The molecule has 0 spiro atoms. The van der Waals surface area contributed by atoms with Crippen molar-refractivity contribution in [2.24, 2.45) is 5.73 Å². The molecule has 2 heteroatoms. The van der Waals surface area contributed by atoms with Crippen LogP contribution in [0.5, 0.6) is 0 Å². The fraction of sp³-hybridized carbons (Fsp3) is 0.727. The van der Waals surface area contributed by atoms with Crippen LogP contribution in [0.2, 0.25) is 0 Å². The number of hydrogen-bond acceptors (Lipinski definition) is 2. The summed E-state index contributed by atoms with van der Waals surface area (Å²) in [6.45, 7) is 5.60. The molecule has 0 aromatic carbocycles.